The van der Waals surface area contributed by atoms with Crippen LogP contribution in [-0.2, 0) is 6.42 Å². The summed E-state index contributed by atoms with van der Waals surface area (Å²) in [7, 11) is 1.60. The van der Waals surface area contributed by atoms with Gasteiger partial charge in [0, 0.05) is 24.4 Å². The molecular formula is C17H15N3O2S. The predicted molar refractivity (Wildman–Crippen MR) is 90.8 cm³/mol. The van der Waals surface area contributed by atoms with E-state index >= 15 is 0 Å². The van der Waals surface area contributed by atoms with Crippen molar-refractivity contribution in [1.29, 1.82) is 0 Å². The number of methoxy groups -OCH3 is 1. The molecule has 0 saturated carbocycles. The third-order valence-corrected chi connectivity index (χ3v) is 4.48. The van der Waals surface area contributed by atoms with Crippen LogP contribution in [0.2, 0.25) is 0 Å². The number of thiazole rings is 1. The van der Waals surface area contributed by atoms with Crippen molar-refractivity contribution >= 4 is 22.9 Å². The van der Waals surface area contributed by atoms with Crippen LogP contribution in [0.25, 0.3) is 10.6 Å². The fourth-order valence-electron chi connectivity index (χ4n) is 2.19. The number of hydrogen-bond donors (Lipinski definition) is 1. The first-order valence-electron chi connectivity index (χ1n) is 7.00. The van der Waals surface area contributed by atoms with Gasteiger partial charge < -0.3 is 10.5 Å². The van der Waals surface area contributed by atoms with Gasteiger partial charge in [-0.1, -0.05) is 12.1 Å². The topological polar surface area (TPSA) is 78.1 Å². The summed E-state index contributed by atoms with van der Waals surface area (Å²) in [5, 5.41) is 0.699. The number of carbonyl (C=O) groups excluding carboxylic acids is 1. The Kier molecular flexibility index (Phi) is 4.34. The van der Waals surface area contributed by atoms with Crippen molar-refractivity contribution in [1.82, 2.24) is 9.97 Å². The van der Waals surface area contributed by atoms with Gasteiger partial charge in [-0.2, -0.15) is 0 Å². The van der Waals surface area contributed by atoms with E-state index in [1.807, 2.05) is 36.4 Å². The lowest BCUT2D eigenvalue weighted by atomic mass is 10.1. The van der Waals surface area contributed by atoms with Gasteiger partial charge in [-0.15, -0.1) is 11.3 Å². The molecule has 2 N–H and O–H groups in total. The van der Waals surface area contributed by atoms with E-state index < -0.39 is 0 Å². The van der Waals surface area contributed by atoms with Crippen molar-refractivity contribution < 1.29 is 9.53 Å². The largest absolute Gasteiger partial charge is 0.497 e. The van der Waals surface area contributed by atoms with Gasteiger partial charge in [0.25, 0.3) is 0 Å². The van der Waals surface area contributed by atoms with E-state index in [4.69, 9.17) is 10.5 Å². The number of pyridine rings is 1. The van der Waals surface area contributed by atoms with Gasteiger partial charge in [-0.3, -0.25) is 9.78 Å². The monoisotopic (exact) mass is 325 g/mol. The van der Waals surface area contributed by atoms with Gasteiger partial charge in [-0.25, -0.2) is 4.98 Å². The quantitative estimate of drug-likeness (QED) is 0.729. The zero-order valence-corrected chi connectivity index (χ0v) is 13.3. The van der Waals surface area contributed by atoms with Crippen molar-refractivity contribution in [2.24, 2.45) is 0 Å². The van der Waals surface area contributed by atoms with Gasteiger partial charge in [0.15, 0.2) is 5.78 Å². The summed E-state index contributed by atoms with van der Waals surface area (Å²) in [6, 6.07) is 11.1. The molecule has 0 aliphatic carbocycles. The molecule has 6 heteroatoms. The Labute approximate surface area is 137 Å². The molecule has 5 nitrogen and oxygen atoms in total. The third kappa shape index (κ3) is 3.37. The number of anilines is 1. The maximum absolute atomic E-state index is 12.5. The Morgan fingerprint density at radius 2 is 2.17 bits per heavy atom. The molecular weight excluding hydrogens is 310 g/mol. The highest BCUT2D eigenvalue weighted by atomic mass is 32.1. The number of hydrogen-bond acceptors (Lipinski definition) is 6. The Morgan fingerprint density at radius 3 is 2.91 bits per heavy atom. The minimum atomic E-state index is -0.0524. The zero-order chi connectivity index (χ0) is 16.2. The molecule has 3 rings (SSSR count). The van der Waals surface area contributed by atoms with E-state index in [0.29, 0.717) is 9.88 Å². The molecule has 1 aromatic carbocycles. The molecule has 0 bridgehead atoms. The number of nitrogen functional groups attached to an aromatic ring is 1. The van der Waals surface area contributed by atoms with E-state index in [9.17, 15) is 4.79 Å². The van der Waals surface area contributed by atoms with E-state index in [1.165, 1.54) is 11.3 Å². The molecule has 0 amide bonds. The fraction of sp³-hybridized carbons (Fsp3) is 0.118. The molecule has 0 aliphatic heterocycles. The Hall–Kier alpha value is -2.73. The van der Waals surface area contributed by atoms with Crippen LogP contribution in [0.1, 0.15) is 15.2 Å². The van der Waals surface area contributed by atoms with Gasteiger partial charge in [0.2, 0.25) is 0 Å². The minimum Gasteiger partial charge on any atom is -0.497 e. The maximum atomic E-state index is 12.5. The number of ketones is 1. The molecule has 0 fully saturated rings. The number of Topliss-reactive ketones (excluding diaryl/α,β-unsaturated/α-hetero) is 1. The van der Waals surface area contributed by atoms with Crippen LogP contribution in [0.3, 0.4) is 0 Å². The molecule has 0 aliphatic rings. The van der Waals surface area contributed by atoms with Crippen LogP contribution in [-0.4, -0.2) is 22.9 Å². The second kappa shape index (κ2) is 6.58. The average molecular weight is 325 g/mol. The van der Waals surface area contributed by atoms with Crippen molar-refractivity contribution in [3.05, 3.63) is 59.2 Å². The number of ether oxygens (including phenoxy) is 1. The van der Waals surface area contributed by atoms with Crippen molar-refractivity contribution in [2.75, 3.05) is 12.8 Å². The van der Waals surface area contributed by atoms with Crippen molar-refractivity contribution in [2.45, 2.75) is 6.42 Å². The number of aromatic nitrogens is 2. The molecule has 0 saturated heterocycles. The smallest absolute Gasteiger partial charge is 0.180 e. The van der Waals surface area contributed by atoms with Gasteiger partial charge in [0.05, 0.1) is 7.11 Å². The molecule has 2 heterocycles. The standard InChI is InChI=1S/C17H15N3O2S/c1-22-13-6-2-4-11(8-13)9-14(21)15-16(18)20-17(23-15)12-5-3-7-19-10-12/h2-8,10H,9,18H2,1H3. The lowest BCUT2D eigenvalue weighted by molar-refractivity contribution is 0.0997. The van der Waals surface area contributed by atoms with Gasteiger partial charge in [-0.05, 0) is 29.8 Å². The summed E-state index contributed by atoms with van der Waals surface area (Å²) in [5.74, 6) is 0.939. The molecule has 0 unspecified atom stereocenters. The number of rotatable bonds is 5. The first kappa shape index (κ1) is 15.2. The first-order valence-corrected chi connectivity index (χ1v) is 7.82. The van der Waals surface area contributed by atoms with Gasteiger partial charge >= 0.3 is 0 Å². The number of benzene rings is 1. The van der Waals surface area contributed by atoms with Crippen LogP contribution >= 0.6 is 11.3 Å². The highest BCUT2D eigenvalue weighted by Gasteiger charge is 2.17. The predicted octanol–water partition coefficient (Wildman–Crippen LogP) is 3.22. The molecule has 116 valence electrons. The van der Waals surface area contributed by atoms with E-state index in [2.05, 4.69) is 9.97 Å². The van der Waals surface area contributed by atoms with Crippen LogP contribution in [0.4, 0.5) is 5.82 Å². The lowest BCUT2D eigenvalue weighted by Gasteiger charge is -2.03. The summed E-state index contributed by atoms with van der Waals surface area (Å²) >= 11 is 1.29. The summed E-state index contributed by atoms with van der Waals surface area (Å²) in [6.45, 7) is 0. The fourth-order valence-corrected chi connectivity index (χ4v) is 3.10. The summed E-state index contributed by atoms with van der Waals surface area (Å²) in [6.07, 6.45) is 3.65. The highest BCUT2D eigenvalue weighted by molar-refractivity contribution is 7.17. The minimum absolute atomic E-state index is 0.0524. The normalized spacial score (nSPS) is 10.5. The lowest BCUT2D eigenvalue weighted by Crippen LogP contribution is -2.04. The van der Waals surface area contributed by atoms with E-state index in [1.54, 1.807) is 19.5 Å². The maximum Gasteiger partial charge on any atom is 0.180 e. The molecule has 0 atom stereocenters. The van der Waals surface area contributed by atoms with Crippen molar-refractivity contribution in [3.8, 4) is 16.3 Å². The average Bonchev–Trinajstić information content (AvgIpc) is 2.98. The first-order chi connectivity index (χ1) is 11.2. The van der Waals surface area contributed by atoms with Gasteiger partial charge in [0.1, 0.15) is 21.5 Å². The second-order valence-electron chi connectivity index (χ2n) is 4.93. The van der Waals surface area contributed by atoms with E-state index in [0.717, 1.165) is 16.9 Å². The highest BCUT2D eigenvalue weighted by Crippen LogP contribution is 2.30. The number of nitrogens with zero attached hydrogens (tertiary/aromatic N) is 2. The SMILES string of the molecule is COc1cccc(CC(=O)c2sc(-c3cccnc3)nc2N)c1. The summed E-state index contributed by atoms with van der Waals surface area (Å²) < 4.78 is 5.18. The Bertz CT molecular complexity index is 831. The zero-order valence-electron chi connectivity index (χ0n) is 12.5. The molecule has 23 heavy (non-hydrogen) atoms. The molecule has 2 aromatic heterocycles. The summed E-state index contributed by atoms with van der Waals surface area (Å²) in [4.78, 5) is 21.3. The summed E-state index contributed by atoms with van der Waals surface area (Å²) in [5.41, 5.74) is 7.65. The number of nitrogens with two attached hydrogens (primary N) is 1. The van der Waals surface area contributed by atoms with Crippen LogP contribution in [0, 0.1) is 0 Å². The van der Waals surface area contributed by atoms with Crippen molar-refractivity contribution in [3.63, 3.8) is 0 Å². The van der Waals surface area contributed by atoms with Crippen LogP contribution in [0.5, 0.6) is 5.75 Å². The Balaban J connectivity index is 1.84. The van der Waals surface area contributed by atoms with E-state index in [-0.39, 0.29) is 18.0 Å². The Morgan fingerprint density at radius 1 is 1.30 bits per heavy atom. The molecule has 0 spiro atoms. The second-order valence-corrected chi connectivity index (χ2v) is 5.93. The third-order valence-electron chi connectivity index (χ3n) is 3.31. The molecule has 3 aromatic rings. The van der Waals surface area contributed by atoms with Crippen LogP contribution in [0.15, 0.2) is 48.8 Å². The van der Waals surface area contributed by atoms with Crippen LogP contribution < -0.4 is 10.5 Å². The number of carbonyl (C=O) groups is 1. The molecule has 0 radical (unpaired) electrons.